The van der Waals surface area contributed by atoms with Crippen LogP contribution in [0.1, 0.15) is 12.8 Å². The number of quaternary nitrogens is 1. The number of rotatable bonds is 4. The summed E-state index contributed by atoms with van der Waals surface area (Å²) in [4.78, 5) is 0. The van der Waals surface area contributed by atoms with Crippen molar-refractivity contribution in [3.63, 3.8) is 0 Å². The molecule has 0 atom stereocenters. The Bertz CT molecular complexity index is 849. The summed E-state index contributed by atoms with van der Waals surface area (Å²) < 4.78 is 13.0. The summed E-state index contributed by atoms with van der Waals surface area (Å²) in [6.45, 7) is 4.35. The molecule has 0 unspecified atom stereocenters. The zero-order valence-electron chi connectivity index (χ0n) is 13.3. The lowest BCUT2D eigenvalue weighted by molar-refractivity contribution is -0.897. The minimum atomic E-state index is 0.690. The standard InChI is InChI=1S/C19H21ClNO2/c1-21(8-2-3-9-21)10-11-22-15-5-7-17-16-6-4-14(20)12-18(16)23-19(17)13-15/h4-7,12-13H,2-3,8-11H2,1H3/q+1. The van der Waals surface area contributed by atoms with Gasteiger partial charge in [-0.15, -0.1) is 0 Å². The summed E-state index contributed by atoms with van der Waals surface area (Å²) in [6, 6.07) is 11.8. The van der Waals surface area contributed by atoms with Crippen LogP contribution in [0, 0.1) is 0 Å². The molecule has 4 rings (SSSR count). The highest BCUT2D eigenvalue weighted by molar-refractivity contribution is 6.31. The monoisotopic (exact) mass is 330 g/mol. The predicted octanol–water partition coefficient (Wildman–Crippen LogP) is 4.86. The summed E-state index contributed by atoms with van der Waals surface area (Å²) in [6.07, 6.45) is 2.67. The second-order valence-corrected chi connectivity index (χ2v) is 7.18. The first-order valence-electron chi connectivity index (χ1n) is 8.21. The summed E-state index contributed by atoms with van der Waals surface area (Å²) in [5.74, 6) is 0.869. The number of hydrogen-bond acceptors (Lipinski definition) is 2. The molecule has 4 heteroatoms. The molecule has 0 radical (unpaired) electrons. The van der Waals surface area contributed by atoms with E-state index in [1.807, 2.05) is 30.3 Å². The Kier molecular flexibility index (Phi) is 3.70. The molecule has 0 amide bonds. The van der Waals surface area contributed by atoms with Gasteiger partial charge in [0.2, 0.25) is 0 Å². The lowest BCUT2D eigenvalue weighted by Crippen LogP contribution is -2.43. The molecule has 0 saturated carbocycles. The van der Waals surface area contributed by atoms with Gasteiger partial charge >= 0.3 is 0 Å². The Morgan fingerprint density at radius 3 is 2.52 bits per heavy atom. The van der Waals surface area contributed by atoms with Gasteiger partial charge in [0.15, 0.2) is 0 Å². The van der Waals surface area contributed by atoms with Crippen molar-refractivity contribution >= 4 is 33.5 Å². The molecule has 3 nitrogen and oxygen atoms in total. The first-order valence-corrected chi connectivity index (χ1v) is 8.59. The zero-order valence-corrected chi connectivity index (χ0v) is 14.1. The number of halogens is 1. The van der Waals surface area contributed by atoms with Gasteiger partial charge in [0.1, 0.15) is 30.1 Å². The van der Waals surface area contributed by atoms with Crippen LogP contribution >= 0.6 is 11.6 Å². The lowest BCUT2D eigenvalue weighted by Gasteiger charge is -2.28. The summed E-state index contributed by atoms with van der Waals surface area (Å²) >= 11 is 6.03. The molecule has 1 aliphatic heterocycles. The molecule has 2 heterocycles. The van der Waals surface area contributed by atoms with Crippen LogP contribution < -0.4 is 4.74 Å². The van der Waals surface area contributed by atoms with Crippen LogP contribution in [0.25, 0.3) is 21.9 Å². The van der Waals surface area contributed by atoms with Crippen molar-refractivity contribution in [3.05, 3.63) is 41.4 Å². The molecule has 1 fully saturated rings. The SMILES string of the molecule is C[N+]1(CCOc2ccc3c(c2)oc2cc(Cl)ccc23)CCCC1. The third-order valence-corrected chi connectivity index (χ3v) is 5.19. The average Bonchev–Trinajstić information content (AvgIpc) is 3.10. The van der Waals surface area contributed by atoms with Crippen LogP contribution in [0.15, 0.2) is 40.8 Å². The van der Waals surface area contributed by atoms with E-state index >= 15 is 0 Å². The molecule has 120 valence electrons. The summed E-state index contributed by atoms with van der Waals surface area (Å²) in [5, 5.41) is 2.88. The Hall–Kier alpha value is -1.71. The minimum Gasteiger partial charge on any atom is -0.488 e. The van der Waals surface area contributed by atoms with Crippen molar-refractivity contribution in [2.24, 2.45) is 0 Å². The van der Waals surface area contributed by atoms with Crippen LogP contribution in [0.5, 0.6) is 5.75 Å². The zero-order chi connectivity index (χ0) is 15.9. The van der Waals surface area contributed by atoms with E-state index in [9.17, 15) is 0 Å². The molecule has 1 saturated heterocycles. The second kappa shape index (κ2) is 5.73. The van der Waals surface area contributed by atoms with E-state index in [0.717, 1.165) is 45.3 Å². The van der Waals surface area contributed by atoms with Crippen LogP contribution in [0.2, 0.25) is 5.02 Å². The molecule has 0 N–H and O–H groups in total. The topological polar surface area (TPSA) is 22.4 Å². The maximum Gasteiger partial charge on any atom is 0.139 e. The van der Waals surface area contributed by atoms with E-state index in [-0.39, 0.29) is 0 Å². The number of nitrogens with zero attached hydrogens (tertiary/aromatic N) is 1. The van der Waals surface area contributed by atoms with Gasteiger partial charge in [-0.05, 0) is 24.3 Å². The van der Waals surface area contributed by atoms with Crippen molar-refractivity contribution < 1.29 is 13.6 Å². The highest BCUT2D eigenvalue weighted by atomic mass is 35.5. The van der Waals surface area contributed by atoms with Crippen molar-refractivity contribution in [1.29, 1.82) is 0 Å². The molecule has 1 aliphatic rings. The van der Waals surface area contributed by atoms with E-state index in [0.29, 0.717) is 5.02 Å². The Labute approximate surface area is 141 Å². The van der Waals surface area contributed by atoms with E-state index in [1.165, 1.54) is 25.9 Å². The van der Waals surface area contributed by atoms with Crippen molar-refractivity contribution in [3.8, 4) is 5.75 Å². The number of benzene rings is 2. The number of furan rings is 1. The molecule has 3 aromatic rings. The Morgan fingerprint density at radius 1 is 1.04 bits per heavy atom. The van der Waals surface area contributed by atoms with Crippen LogP contribution in [-0.4, -0.2) is 37.8 Å². The maximum atomic E-state index is 6.03. The molecule has 0 aliphatic carbocycles. The van der Waals surface area contributed by atoms with Gasteiger partial charge in [-0.2, -0.15) is 0 Å². The normalized spacial score (nSPS) is 17.1. The van der Waals surface area contributed by atoms with Gasteiger partial charge in [-0.25, -0.2) is 0 Å². The van der Waals surface area contributed by atoms with Gasteiger partial charge < -0.3 is 13.6 Å². The van der Waals surface area contributed by atoms with Gasteiger partial charge in [-0.3, -0.25) is 0 Å². The third kappa shape index (κ3) is 2.91. The van der Waals surface area contributed by atoms with Gasteiger partial charge in [0.25, 0.3) is 0 Å². The van der Waals surface area contributed by atoms with E-state index < -0.39 is 0 Å². The van der Waals surface area contributed by atoms with Gasteiger partial charge in [0, 0.05) is 40.8 Å². The van der Waals surface area contributed by atoms with Crippen LogP contribution in [0.3, 0.4) is 0 Å². The molecular weight excluding hydrogens is 310 g/mol. The van der Waals surface area contributed by atoms with Gasteiger partial charge in [-0.1, -0.05) is 11.6 Å². The summed E-state index contributed by atoms with van der Waals surface area (Å²) in [7, 11) is 2.32. The summed E-state index contributed by atoms with van der Waals surface area (Å²) in [5.41, 5.74) is 1.67. The molecule has 1 aromatic heterocycles. The van der Waals surface area contributed by atoms with Crippen molar-refractivity contribution in [2.45, 2.75) is 12.8 Å². The van der Waals surface area contributed by atoms with Crippen LogP contribution in [-0.2, 0) is 0 Å². The number of fused-ring (bicyclic) bond motifs is 3. The molecule has 23 heavy (non-hydrogen) atoms. The first-order chi connectivity index (χ1) is 11.1. The number of ether oxygens (including phenoxy) is 1. The fraction of sp³-hybridized carbons (Fsp3) is 0.368. The van der Waals surface area contributed by atoms with E-state index in [4.69, 9.17) is 20.8 Å². The fourth-order valence-electron chi connectivity index (χ4n) is 3.53. The molecular formula is C19H21ClNO2+. The predicted molar refractivity (Wildman–Crippen MR) is 94.2 cm³/mol. The molecule has 2 aromatic carbocycles. The van der Waals surface area contributed by atoms with Crippen LogP contribution in [0.4, 0.5) is 0 Å². The van der Waals surface area contributed by atoms with Gasteiger partial charge in [0.05, 0.1) is 20.1 Å². The number of likely N-dealkylation sites (tertiary alicyclic amines) is 1. The molecule has 0 bridgehead atoms. The number of hydrogen-bond donors (Lipinski definition) is 0. The van der Waals surface area contributed by atoms with Crippen molar-refractivity contribution in [2.75, 3.05) is 33.3 Å². The van der Waals surface area contributed by atoms with E-state index in [2.05, 4.69) is 13.1 Å². The molecule has 0 spiro atoms. The first kappa shape index (κ1) is 14.9. The van der Waals surface area contributed by atoms with Crippen molar-refractivity contribution in [1.82, 2.24) is 0 Å². The average molecular weight is 331 g/mol. The quantitative estimate of drug-likeness (QED) is 0.637. The Balaban J connectivity index is 1.53. The largest absolute Gasteiger partial charge is 0.488 e. The second-order valence-electron chi connectivity index (χ2n) is 6.75. The van der Waals surface area contributed by atoms with E-state index in [1.54, 1.807) is 0 Å². The fourth-order valence-corrected chi connectivity index (χ4v) is 3.69. The number of likely N-dealkylation sites (N-methyl/N-ethyl adjacent to an activating group) is 1. The minimum absolute atomic E-state index is 0.690. The highest BCUT2D eigenvalue weighted by Gasteiger charge is 2.26. The third-order valence-electron chi connectivity index (χ3n) is 4.95. The lowest BCUT2D eigenvalue weighted by atomic mass is 10.1. The smallest absolute Gasteiger partial charge is 0.139 e. The highest BCUT2D eigenvalue weighted by Crippen LogP contribution is 2.32. The maximum absolute atomic E-state index is 6.03. The Morgan fingerprint density at radius 2 is 1.74 bits per heavy atom.